The van der Waals surface area contributed by atoms with E-state index < -0.39 is 0 Å². The van der Waals surface area contributed by atoms with E-state index in [1.165, 1.54) is 5.69 Å². The number of amides is 1. The summed E-state index contributed by atoms with van der Waals surface area (Å²) in [6.07, 6.45) is 0.363. The highest BCUT2D eigenvalue weighted by Gasteiger charge is 2.31. The van der Waals surface area contributed by atoms with E-state index in [1.807, 2.05) is 23.1 Å². The molecule has 29 heavy (non-hydrogen) atoms. The van der Waals surface area contributed by atoms with Crippen molar-refractivity contribution in [3.8, 4) is 0 Å². The molecule has 2 aliphatic heterocycles. The van der Waals surface area contributed by atoms with Crippen LogP contribution in [0.5, 0.6) is 0 Å². The van der Waals surface area contributed by atoms with Gasteiger partial charge in [-0.1, -0.05) is 50.7 Å². The third-order valence-electron chi connectivity index (χ3n) is 5.62. The molecule has 1 aromatic carbocycles. The zero-order valence-electron chi connectivity index (χ0n) is 17.3. The minimum absolute atomic E-state index is 0.0448. The number of piperazine rings is 1. The first kappa shape index (κ1) is 20.0. The second-order valence-corrected chi connectivity index (χ2v) is 9.74. The maximum atomic E-state index is 12.9. The van der Waals surface area contributed by atoms with E-state index in [0.29, 0.717) is 6.42 Å². The normalized spacial score (nSPS) is 19.3. The number of anilines is 1. The monoisotopic (exact) mass is 412 g/mol. The summed E-state index contributed by atoms with van der Waals surface area (Å²) in [4.78, 5) is 34.6. The zero-order chi connectivity index (χ0) is 20.6. The Morgan fingerprint density at radius 2 is 1.83 bits per heavy atom. The van der Waals surface area contributed by atoms with E-state index in [4.69, 9.17) is 4.98 Å². The molecule has 3 heterocycles. The molecule has 0 bridgehead atoms. The standard InChI is InChI=1S/C22H28N4O2S/c1-22(2,3)18-14-20(28)26-17(15-29-21(26)23-18)13-19(27)25-11-9-24(10-12-25)16-7-5-4-6-8-16/h4-8,14,17H,9-13,15H2,1-3H3. The summed E-state index contributed by atoms with van der Waals surface area (Å²) in [5.41, 5.74) is 1.80. The van der Waals surface area contributed by atoms with Gasteiger partial charge in [0.05, 0.1) is 11.7 Å². The van der Waals surface area contributed by atoms with Crippen molar-refractivity contribution in [2.75, 3.05) is 36.8 Å². The lowest BCUT2D eigenvalue weighted by atomic mass is 9.92. The number of rotatable bonds is 3. The van der Waals surface area contributed by atoms with Crippen molar-refractivity contribution in [1.29, 1.82) is 0 Å². The summed E-state index contributed by atoms with van der Waals surface area (Å²) in [5.74, 6) is 0.855. The number of aromatic nitrogens is 2. The minimum Gasteiger partial charge on any atom is -0.368 e. The smallest absolute Gasteiger partial charge is 0.254 e. The van der Waals surface area contributed by atoms with Crippen molar-refractivity contribution in [2.24, 2.45) is 0 Å². The van der Waals surface area contributed by atoms with Crippen molar-refractivity contribution >= 4 is 23.4 Å². The average molecular weight is 413 g/mol. The molecule has 6 nitrogen and oxygen atoms in total. The lowest BCUT2D eigenvalue weighted by Crippen LogP contribution is -2.49. The molecule has 0 N–H and O–H groups in total. The van der Waals surface area contributed by atoms with Gasteiger partial charge in [0.15, 0.2) is 5.16 Å². The van der Waals surface area contributed by atoms with E-state index >= 15 is 0 Å². The molecule has 2 aromatic rings. The van der Waals surface area contributed by atoms with Gasteiger partial charge in [0, 0.05) is 55.5 Å². The summed E-state index contributed by atoms with van der Waals surface area (Å²) in [7, 11) is 0. The van der Waals surface area contributed by atoms with Crippen molar-refractivity contribution in [3.63, 3.8) is 0 Å². The molecular weight excluding hydrogens is 384 g/mol. The van der Waals surface area contributed by atoms with Crippen molar-refractivity contribution < 1.29 is 4.79 Å². The fourth-order valence-electron chi connectivity index (χ4n) is 3.87. The summed E-state index contributed by atoms with van der Waals surface area (Å²) in [6, 6.07) is 11.8. The van der Waals surface area contributed by atoms with Gasteiger partial charge in [0.25, 0.3) is 5.56 Å². The van der Waals surface area contributed by atoms with Crippen molar-refractivity contribution in [1.82, 2.24) is 14.5 Å². The van der Waals surface area contributed by atoms with Gasteiger partial charge in [-0.15, -0.1) is 0 Å². The summed E-state index contributed by atoms with van der Waals surface area (Å²) < 4.78 is 1.72. The SMILES string of the molecule is CC(C)(C)c1cc(=O)n2c(n1)SCC2CC(=O)N1CCN(c2ccccc2)CC1. The van der Waals surface area contributed by atoms with Gasteiger partial charge in [0.2, 0.25) is 5.91 Å². The average Bonchev–Trinajstić information content (AvgIpc) is 3.11. The number of hydrogen-bond acceptors (Lipinski definition) is 5. The molecule has 2 aliphatic rings. The Hall–Kier alpha value is -2.28. The van der Waals surface area contributed by atoms with Gasteiger partial charge in [-0.3, -0.25) is 14.2 Å². The van der Waals surface area contributed by atoms with Gasteiger partial charge in [-0.2, -0.15) is 0 Å². The molecule has 7 heteroatoms. The van der Waals surface area contributed by atoms with E-state index in [0.717, 1.165) is 42.8 Å². The Labute approximate surface area is 175 Å². The lowest BCUT2D eigenvalue weighted by Gasteiger charge is -2.36. The van der Waals surface area contributed by atoms with Crippen LogP contribution in [0.15, 0.2) is 46.3 Å². The summed E-state index contributed by atoms with van der Waals surface area (Å²) >= 11 is 1.58. The number of thioether (sulfide) groups is 1. The quantitative estimate of drug-likeness (QED) is 0.726. The van der Waals surface area contributed by atoms with Crippen LogP contribution in [0.1, 0.15) is 38.9 Å². The number of carbonyl (C=O) groups excluding carboxylic acids is 1. The first-order chi connectivity index (χ1) is 13.8. The molecule has 1 amide bonds. The number of fused-ring (bicyclic) bond motifs is 1. The van der Waals surface area contributed by atoms with Gasteiger partial charge < -0.3 is 9.80 Å². The molecule has 1 saturated heterocycles. The molecule has 4 rings (SSSR count). The van der Waals surface area contributed by atoms with Crippen LogP contribution in [0.4, 0.5) is 5.69 Å². The van der Waals surface area contributed by atoms with E-state index in [2.05, 4.69) is 37.8 Å². The molecule has 154 valence electrons. The Morgan fingerprint density at radius 3 is 2.48 bits per heavy atom. The number of hydrogen-bond donors (Lipinski definition) is 0. The zero-order valence-corrected chi connectivity index (χ0v) is 18.1. The van der Waals surface area contributed by atoms with Crippen LogP contribution in [-0.4, -0.2) is 52.3 Å². The fraction of sp³-hybridized carbons (Fsp3) is 0.500. The number of carbonyl (C=O) groups is 1. The van der Waals surface area contributed by atoms with E-state index in [-0.39, 0.29) is 22.9 Å². The van der Waals surface area contributed by atoms with Gasteiger partial charge >= 0.3 is 0 Å². The second kappa shape index (κ2) is 7.86. The van der Waals surface area contributed by atoms with Crippen molar-refractivity contribution in [2.45, 2.75) is 43.8 Å². The fourth-order valence-corrected chi connectivity index (χ4v) is 5.02. The maximum Gasteiger partial charge on any atom is 0.254 e. The first-order valence-corrected chi connectivity index (χ1v) is 11.2. The highest BCUT2D eigenvalue weighted by Crippen LogP contribution is 2.34. The first-order valence-electron chi connectivity index (χ1n) is 10.2. The largest absolute Gasteiger partial charge is 0.368 e. The third kappa shape index (κ3) is 4.20. The Bertz CT molecular complexity index is 944. The number of nitrogens with zero attached hydrogens (tertiary/aromatic N) is 4. The molecule has 0 radical (unpaired) electrons. The molecule has 1 unspecified atom stereocenters. The van der Waals surface area contributed by atoms with Gasteiger partial charge in [-0.05, 0) is 12.1 Å². The third-order valence-corrected chi connectivity index (χ3v) is 6.72. The van der Waals surface area contributed by atoms with Gasteiger partial charge in [-0.25, -0.2) is 4.98 Å². The highest BCUT2D eigenvalue weighted by atomic mass is 32.2. The highest BCUT2D eigenvalue weighted by molar-refractivity contribution is 7.99. The van der Waals surface area contributed by atoms with Crippen molar-refractivity contribution in [3.05, 3.63) is 52.4 Å². The van der Waals surface area contributed by atoms with Gasteiger partial charge in [0.1, 0.15) is 0 Å². The molecule has 0 saturated carbocycles. The maximum absolute atomic E-state index is 12.9. The van der Waals surface area contributed by atoms with Crippen LogP contribution in [-0.2, 0) is 10.2 Å². The molecular formula is C22H28N4O2S. The second-order valence-electron chi connectivity index (χ2n) is 8.75. The summed E-state index contributed by atoms with van der Waals surface area (Å²) in [5, 5.41) is 0.745. The number of benzene rings is 1. The molecule has 0 spiro atoms. The van der Waals surface area contributed by atoms with Crippen LogP contribution in [0, 0.1) is 0 Å². The predicted octanol–water partition coefficient (Wildman–Crippen LogP) is 2.93. The predicted molar refractivity (Wildman–Crippen MR) is 117 cm³/mol. The molecule has 0 aliphatic carbocycles. The van der Waals surface area contributed by atoms with Crippen LogP contribution < -0.4 is 10.5 Å². The van der Waals surface area contributed by atoms with Crippen LogP contribution in [0.3, 0.4) is 0 Å². The number of para-hydroxylation sites is 1. The van der Waals surface area contributed by atoms with E-state index in [1.54, 1.807) is 22.4 Å². The molecule has 1 aromatic heterocycles. The molecule has 1 fully saturated rings. The summed E-state index contributed by atoms with van der Waals surface area (Å²) in [6.45, 7) is 9.28. The Morgan fingerprint density at radius 1 is 1.14 bits per heavy atom. The Balaban J connectivity index is 1.40. The molecule has 1 atom stereocenters. The van der Waals surface area contributed by atoms with E-state index in [9.17, 15) is 9.59 Å². The van der Waals surface area contributed by atoms with Crippen LogP contribution in [0.2, 0.25) is 0 Å². The Kier molecular flexibility index (Phi) is 5.42. The van der Waals surface area contributed by atoms with Crippen LogP contribution in [0.25, 0.3) is 0 Å². The topological polar surface area (TPSA) is 58.4 Å². The van der Waals surface area contributed by atoms with Crippen LogP contribution >= 0.6 is 11.8 Å². The minimum atomic E-state index is -0.165. The lowest BCUT2D eigenvalue weighted by molar-refractivity contribution is -0.132.